The molecule has 0 radical (unpaired) electrons. The first-order chi connectivity index (χ1) is 9.11. The van der Waals surface area contributed by atoms with Crippen LogP contribution in [0.5, 0.6) is 0 Å². The summed E-state index contributed by atoms with van der Waals surface area (Å²) in [6.07, 6.45) is 5.18. The fourth-order valence-electron chi connectivity index (χ4n) is 2.13. The second kappa shape index (κ2) is 6.02. The Bertz CT molecular complexity index is 538. The molecule has 2 rings (SSSR count). The third-order valence-corrected chi connectivity index (χ3v) is 3.47. The quantitative estimate of drug-likeness (QED) is 0.864. The van der Waals surface area contributed by atoms with Crippen LogP contribution in [0.2, 0.25) is 0 Å². The number of nitrogens with one attached hydrogen (secondary N) is 1. The summed E-state index contributed by atoms with van der Waals surface area (Å²) in [5.41, 5.74) is 4.85. The number of hydrogen-bond donors (Lipinski definition) is 1. The van der Waals surface area contributed by atoms with E-state index in [1.54, 1.807) is 0 Å². The zero-order chi connectivity index (χ0) is 13.8. The van der Waals surface area contributed by atoms with Crippen LogP contribution in [-0.4, -0.2) is 19.6 Å². The Morgan fingerprint density at radius 3 is 2.58 bits per heavy atom. The fourth-order valence-corrected chi connectivity index (χ4v) is 2.13. The van der Waals surface area contributed by atoms with E-state index in [0.717, 1.165) is 31.7 Å². The molecule has 0 aliphatic rings. The van der Waals surface area contributed by atoms with Crippen molar-refractivity contribution in [2.24, 2.45) is 7.05 Å². The SMILES string of the molecule is CCCn1cc(CNCc2cnn(C)c2C)c(C)n1. The van der Waals surface area contributed by atoms with Crippen molar-refractivity contribution in [3.8, 4) is 0 Å². The first kappa shape index (κ1) is 13.8. The molecule has 0 saturated heterocycles. The van der Waals surface area contributed by atoms with Gasteiger partial charge in [-0.25, -0.2) is 0 Å². The predicted molar refractivity (Wildman–Crippen MR) is 75.7 cm³/mol. The molecule has 1 N–H and O–H groups in total. The van der Waals surface area contributed by atoms with Gasteiger partial charge >= 0.3 is 0 Å². The van der Waals surface area contributed by atoms with E-state index in [1.807, 2.05) is 22.6 Å². The van der Waals surface area contributed by atoms with E-state index >= 15 is 0 Å². The van der Waals surface area contributed by atoms with Crippen molar-refractivity contribution in [3.63, 3.8) is 0 Å². The largest absolute Gasteiger partial charge is 0.308 e. The average molecular weight is 261 g/mol. The van der Waals surface area contributed by atoms with Crippen molar-refractivity contribution in [1.82, 2.24) is 24.9 Å². The third-order valence-electron chi connectivity index (χ3n) is 3.47. The fraction of sp³-hybridized carbons (Fsp3) is 0.571. The van der Waals surface area contributed by atoms with E-state index in [4.69, 9.17) is 0 Å². The molecule has 0 saturated carbocycles. The van der Waals surface area contributed by atoms with Gasteiger partial charge in [-0.2, -0.15) is 10.2 Å². The van der Waals surface area contributed by atoms with Crippen LogP contribution in [0.4, 0.5) is 0 Å². The Morgan fingerprint density at radius 2 is 1.95 bits per heavy atom. The Hall–Kier alpha value is -1.62. The molecule has 19 heavy (non-hydrogen) atoms. The highest BCUT2D eigenvalue weighted by molar-refractivity contribution is 5.17. The van der Waals surface area contributed by atoms with Crippen LogP contribution in [0, 0.1) is 13.8 Å². The standard InChI is InChI=1S/C14H23N5/c1-5-6-19-10-14(11(2)17-19)8-15-7-13-9-16-18(4)12(13)3/h9-10,15H,5-8H2,1-4H3. The molecule has 2 aromatic heterocycles. The summed E-state index contributed by atoms with van der Waals surface area (Å²) in [6, 6.07) is 0. The van der Waals surface area contributed by atoms with Crippen LogP contribution in [-0.2, 0) is 26.7 Å². The maximum absolute atomic E-state index is 4.51. The molecular weight excluding hydrogens is 238 g/mol. The van der Waals surface area contributed by atoms with Gasteiger partial charge in [-0.15, -0.1) is 0 Å². The minimum Gasteiger partial charge on any atom is -0.308 e. The normalized spacial score (nSPS) is 11.2. The molecule has 0 bridgehead atoms. The summed E-state index contributed by atoms with van der Waals surface area (Å²) in [5, 5.41) is 12.2. The van der Waals surface area contributed by atoms with Gasteiger partial charge in [-0.05, 0) is 20.3 Å². The topological polar surface area (TPSA) is 47.7 Å². The molecule has 2 aromatic rings. The molecule has 0 aliphatic heterocycles. The zero-order valence-electron chi connectivity index (χ0n) is 12.3. The lowest BCUT2D eigenvalue weighted by Crippen LogP contribution is -2.13. The van der Waals surface area contributed by atoms with Gasteiger partial charge in [-0.1, -0.05) is 6.92 Å². The van der Waals surface area contributed by atoms with Crippen LogP contribution < -0.4 is 5.32 Å². The van der Waals surface area contributed by atoms with Gasteiger partial charge in [0.05, 0.1) is 11.9 Å². The molecule has 0 spiro atoms. The monoisotopic (exact) mass is 261 g/mol. The Kier molecular flexibility index (Phi) is 4.37. The van der Waals surface area contributed by atoms with Crippen LogP contribution in [0.25, 0.3) is 0 Å². The van der Waals surface area contributed by atoms with Crippen LogP contribution in [0.1, 0.15) is 35.9 Å². The zero-order valence-corrected chi connectivity index (χ0v) is 12.3. The molecule has 0 unspecified atom stereocenters. The number of aryl methyl sites for hydroxylation is 3. The molecule has 0 fully saturated rings. The highest BCUT2D eigenvalue weighted by Gasteiger charge is 2.06. The molecular formula is C14H23N5. The van der Waals surface area contributed by atoms with Crippen molar-refractivity contribution < 1.29 is 0 Å². The molecule has 5 heteroatoms. The van der Waals surface area contributed by atoms with E-state index in [-0.39, 0.29) is 0 Å². The highest BCUT2D eigenvalue weighted by atomic mass is 15.3. The summed E-state index contributed by atoms with van der Waals surface area (Å²) >= 11 is 0. The summed E-state index contributed by atoms with van der Waals surface area (Å²) in [4.78, 5) is 0. The first-order valence-electron chi connectivity index (χ1n) is 6.83. The Balaban J connectivity index is 1.90. The van der Waals surface area contributed by atoms with Crippen LogP contribution in [0.3, 0.4) is 0 Å². The molecule has 0 aliphatic carbocycles. The molecule has 0 atom stereocenters. The van der Waals surface area contributed by atoms with E-state index < -0.39 is 0 Å². The smallest absolute Gasteiger partial charge is 0.0638 e. The van der Waals surface area contributed by atoms with Gasteiger partial charge in [0, 0.05) is 49.7 Å². The lowest BCUT2D eigenvalue weighted by atomic mass is 10.2. The van der Waals surface area contributed by atoms with Crippen molar-refractivity contribution in [2.75, 3.05) is 0 Å². The van der Waals surface area contributed by atoms with E-state index in [1.165, 1.54) is 16.8 Å². The highest BCUT2D eigenvalue weighted by Crippen LogP contribution is 2.08. The van der Waals surface area contributed by atoms with Crippen molar-refractivity contribution in [1.29, 1.82) is 0 Å². The minimum atomic E-state index is 0.845. The Morgan fingerprint density at radius 1 is 1.21 bits per heavy atom. The lowest BCUT2D eigenvalue weighted by molar-refractivity contribution is 0.597. The van der Waals surface area contributed by atoms with E-state index in [9.17, 15) is 0 Å². The second-order valence-corrected chi connectivity index (χ2v) is 4.99. The van der Waals surface area contributed by atoms with E-state index in [0.29, 0.717) is 0 Å². The first-order valence-corrected chi connectivity index (χ1v) is 6.83. The van der Waals surface area contributed by atoms with Crippen LogP contribution >= 0.6 is 0 Å². The third kappa shape index (κ3) is 3.23. The summed E-state index contributed by atoms with van der Waals surface area (Å²) in [5.74, 6) is 0. The predicted octanol–water partition coefficient (Wildman–Crippen LogP) is 1.93. The van der Waals surface area contributed by atoms with Crippen LogP contribution in [0.15, 0.2) is 12.4 Å². The number of aromatic nitrogens is 4. The van der Waals surface area contributed by atoms with Crippen molar-refractivity contribution >= 4 is 0 Å². The lowest BCUT2D eigenvalue weighted by Gasteiger charge is -2.03. The molecule has 5 nitrogen and oxygen atoms in total. The van der Waals surface area contributed by atoms with Gasteiger partial charge in [-0.3, -0.25) is 9.36 Å². The number of nitrogens with zero attached hydrogens (tertiary/aromatic N) is 4. The Labute approximate surface area is 114 Å². The molecule has 0 amide bonds. The van der Waals surface area contributed by atoms with E-state index in [2.05, 4.69) is 42.5 Å². The molecule has 0 aromatic carbocycles. The summed E-state index contributed by atoms with van der Waals surface area (Å²) in [6.45, 7) is 9.01. The second-order valence-electron chi connectivity index (χ2n) is 4.99. The number of rotatable bonds is 6. The van der Waals surface area contributed by atoms with Crippen molar-refractivity contribution in [3.05, 3.63) is 34.9 Å². The molecule has 2 heterocycles. The summed E-state index contributed by atoms with van der Waals surface area (Å²) in [7, 11) is 1.97. The van der Waals surface area contributed by atoms with Gasteiger partial charge in [0.2, 0.25) is 0 Å². The maximum Gasteiger partial charge on any atom is 0.0638 e. The minimum absolute atomic E-state index is 0.845. The number of hydrogen-bond acceptors (Lipinski definition) is 3. The maximum atomic E-state index is 4.51. The van der Waals surface area contributed by atoms with Gasteiger partial charge in [0.15, 0.2) is 0 Å². The summed E-state index contributed by atoms with van der Waals surface area (Å²) < 4.78 is 3.93. The van der Waals surface area contributed by atoms with Crippen molar-refractivity contribution in [2.45, 2.75) is 46.8 Å². The molecule has 104 valence electrons. The van der Waals surface area contributed by atoms with Gasteiger partial charge in [0.25, 0.3) is 0 Å². The average Bonchev–Trinajstić information content (AvgIpc) is 2.87. The van der Waals surface area contributed by atoms with Gasteiger partial charge in [0.1, 0.15) is 0 Å². The van der Waals surface area contributed by atoms with Gasteiger partial charge < -0.3 is 5.32 Å².